The number of carbonyl (C=O) groups excluding carboxylic acids is 1. The Kier molecular flexibility index (Phi) is 9.27. The molecule has 1 heterocycles. The molecule has 0 aliphatic rings. The standard InChI is InChI=1S/C23H27FN4O2/c1-3-5-17(4-2)9-12-27-16-23(29)28-19-6-7-22(20(24)14-19)30-21-10-13-26-15-18(21)8-11-25/h3-8,10-11,13-15,27H,9,12,16,25H2,1-2H3,(H,28,29)/b5-3-,11-8-,17-4+. The summed E-state index contributed by atoms with van der Waals surface area (Å²) < 4.78 is 20.1. The van der Waals surface area contributed by atoms with Crippen molar-refractivity contribution in [2.75, 3.05) is 18.4 Å². The van der Waals surface area contributed by atoms with Gasteiger partial charge in [-0.3, -0.25) is 9.78 Å². The van der Waals surface area contributed by atoms with Crippen LogP contribution in [0.5, 0.6) is 11.5 Å². The van der Waals surface area contributed by atoms with Crippen molar-refractivity contribution in [1.29, 1.82) is 0 Å². The number of carbonyl (C=O) groups is 1. The molecule has 0 saturated heterocycles. The first kappa shape index (κ1) is 22.8. The number of nitrogens with one attached hydrogen (secondary N) is 2. The van der Waals surface area contributed by atoms with Gasteiger partial charge in [-0.2, -0.15) is 0 Å². The molecule has 1 aromatic heterocycles. The van der Waals surface area contributed by atoms with E-state index in [9.17, 15) is 9.18 Å². The quantitative estimate of drug-likeness (QED) is 0.399. The van der Waals surface area contributed by atoms with E-state index in [1.54, 1.807) is 30.6 Å². The number of aromatic nitrogens is 1. The van der Waals surface area contributed by atoms with Crippen LogP contribution >= 0.6 is 0 Å². The third-order valence-electron chi connectivity index (χ3n) is 4.15. The minimum Gasteiger partial charge on any atom is -0.454 e. The van der Waals surface area contributed by atoms with E-state index in [0.717, 1.165) is 6.42 Å². The van der Waals surface area contributed by atoms with Gasteiger partial charge in [-0.25, -0.2) is 4.39 Å². The Morgan fingerprint density at radius 2 is 2.10 bits per heavy atom. The van der Waals surface area contributed by atoms with Crippen molar-refractivity contribution in [3.05, 3.63) is 78.0 Å². The third kappa shape index (κ3) is 7.18. The maximum absolute atomic E-state index is 14.4. The van der Waals surface area contributed by atoms with Gasteiger partial charge < -0.3 is 21.1 Å². The summed E-state index contributed by atoms with van der Waals surface area (Å²) in [4.78, 5) is 16.1. The van der Waals surface area contributed by atoms with Gasteiger partial charge in [-0.15, -0.1) is 0 Å². The van der Waals surface area contributed by atoms with Gasteiger partial charge in [0.05, 0.1) is 6.54 Å². The molecule has 6 nitrogen and oxygen atoms in total. The molecule has 2 aromatic rings. The first-order chi connectivity index (χ1) is 14.6. The molecule has 1 amide bonds. The number of nitrogens with two attached hydrogens (primary N) is 1. The number of rotatable bonds is 10. The third-order valence-corrected chi connectivity index (χ3v) is 4.15. The minimum atomic E-state index is -0.593. The van der Waals surface area contributed by atoms with Gasteiger partial charge >= 0.3 is 0 Å². The van der Waals surface area contributed by atoms with Crippen LogP contribution in [0.4, 0.5) is 10.1 Å². The van der Waals surface area contributed by atoms with Crippen LogP contribution in [0.25, 0.3) is 6.08 Å². The van der Waals surface area contributed by atoms with E-state index < -0.39 is 5.82 Å². The van der Waals surface area contributed by atoms with E-state index in [0.29, 0.717) is 23.5 Å². The Morgan fingerprint density at radius 1 is 1.27 bits per heavy atom. The van der Waals surface area contributed by atoms with Crippen molar-refractivity contribution < 1.29 is 13.9 Å². The summed E-state index contributed by atoms with van der Waals surface area (Å²) in [5.41, 5.74) is 7.58. The van der Waals surface area contributed by atoms with Crippen LogP contribution in [0, 0.1) is 5.82 Å². The second kappa shape index (κ2) is 12.2. The first-order valence-electron chi connectivity index (χ1n) is 9.65. The van der Waals surface area contributed by atoms with Crippen LogP contribution in [0.2, 0.25) is 0 Å². The largest absolute Gasteiger partial charge is 0.454 e. The number of anilines is 1. The molecule has 0 aliphatic heterocycles. The zero-order valence-electron chi connectivity index (χ0n) is 17.2. The van der Waals surface area contributed by atoms with Crippen LogP contribution in [-0.4, -0.2) is 24.0 Å². The highest BCUT2D eigenvalue weighted by Crippen LogP contribution is 2.29. The lowest BCUT2D eigenvalue weighted by Gasteiger charge is -2.11. The van der Waals surface area contributed by atoms with E-state index >= 15 is 0 Å². The van der Waals surface area contributed by atoms with Crippen molar-refractivity contribution in [3.8, 4) is 11.5 Å². The lowest BCUT2D eigenvalue weighted by Crippen LogP contribution is -2.28. The van der Waals surface area contributed by atoms with E-state index in [-0.39, 0.29) is 18.2 Å². The Hall–Kier alpha value is -3.45. The molecular formula is C23H27FN4O2. The highest BCUT2D eigenvalue weighted by molar-refractivity contribution is 5.92. The molecule has 0 saturated carbocycles. The molecule has 2 rings (SSSR count). The Labute approximate surface area is 176 Å². The number of allylic oxidation sites excluding steroid dienone is 3. The average molecular weight is 410 g/mol. The van der Waals surface area contributed by atoms with Gasteiger partial charge in [0.15, 0.2) is 11.6 Å². The molecule has 158 valence electrons. The summed E-state index contributed by atoms with van der Waals surface area (Å²) in [6.07, 6.45) is 13.0. The van der Waals surface area contributed by atoms with Gasteiger partial charge in [0.2, 0.25) is 5.91 Å². The Balaban J connectivity index is 1.90. The number of pyridine rings is 1. The van der Waals surface area contributed by atoms with Crippen LogP contribution in [0.3, 0.4) is 0 Å². The van der Waals surface area contributed by atoms with E-state index in [1.807, 2.05) is 32.1 Å². The summed E-state index contributed by atoms with van der Waals surface area (Å²) in [5, 5.41) is 5.75. The molecule has 0 radical (unpaired) electrons. The SMILES string of the molecule is C/C=C\C(=C/C)CCNCC(=O)Nc1ccc(Oc2ccncc2/C=C\N)c(F)c1. The molecular weight excluding hydrogens is 383 g/mol. The van der Waals surface area contributed by atoms with Crippen molar-refractivity contribution in [2.45, 2.75) is 20.3 Å². The number of amides is 1. The zero-order chi connectivity index (χ0) is 21.8. The van der Waals surface area contributed by atoms with E-state index in [2.05, 4.69) is 15.6 Å². The molecule has 0 atom stereocenters. The molecule has 0 aliphatic carbocycles. The second-order valence-corrected chi connectivity index (χ2v) is 6.36. The topological polar surface area (TPSA) is 89.3 Å². The Bertz CT molecular complexity index is 939. The van der Waals surface area contributed by atoms with Crippen molar-refractivity contribution in [2.24, 2.45) is 5.73 Å². The summed E-state index contributed by atoms with van der Waals surface area (Å²) >= 11 is 0. The summed E-state index contributed by atoms with van der Waals surface area (Å²) in [6.45, 7) is 4.75. The maximum Gasteiger partial charge on any atom is 0.238 e. The first-order valence-corrected chi connectivity index (χ1v) is 9.65. The van der Waals surface area contributed by atoms with E-state index in [1.165, 1.54) is 23.9 Å². The fourth-order valence-corrected chi connectivity index (χ4v) is 2.67. The van der Waals surface area contributed by atoms with E-state index in [4.69, 9.17) is 10.5 Å². The molecule has 0 spiro atoms. The Morgan fingerprint density at radius 3 is 2.80 bits per heavy atom. The van der Waals surface area contributed by atoms with Gasteiger partial charge in [0.25, 0.3) is 0 Å². The fraction of sp³-hybridized carbons (Fsp3) is 0.217. The van der Waals surface area contributed by atoms with Gasteiger partial charge in [0, 0.05) is 29.7 Å². The van der Waals surface area contributed by atoms with Crippen molar-refractivity contribution in [3.63, 3.8) is 0 Å². The van der Waals surface area contributed by atoms with Crippen LogP contribution < -0.4 is 21.1 Å². The van der Waals surface area contributed by atoms with Crippen LogP contribution in [0.15, 0.2) is 66.7 Å². The van der Waals surface area contributed by atoms with Crippen molar-refractivity contribution >= 4 is 17.7 Å². The second-order valence-electron chi connectivity index (χ2n) is 6.36. The summed E-state index contributed by atoms with van der Waals surface area (Å²) in [5.74, 6) is -0.387. The van der Waals surface area contributed by atoms with Gasteiger partial charge in [-0.1, -0.05) is 23.8 Å². The molecule has 0 fully saturated rings. The lowest BCUT2D eigenvalue weighted by atomic mass is 10.1. The maximum atomic E-state index is 14.4. The normalized spacial score (nSPS) is 11.9. The van der Waals surface area contributed by atoms with Gasteiger partial charge in [0.1, 0.15) is 5.75 Å². The molecule has 0 bridgehead atoms. The predicted molar refractivity (Wildman–Crippen MR) is 119 cm³/mol. The monoisotopic (exact) mass is 410 g/mol. The van der Waals surface area contributed by atoms with Crippen LogP contribution in [-0.2, 0) is 4.79 Å². The lowest BCUT2D eigenvalue weighted by molar-refractivity contribution is -0.115. The fourth-order valence-electron chi connectivity index (χ4n) is 2.67. The summed E-state index contributed by atoms with van der Waals surface area (Å²) in [6, 6.07) is 5.88. The molecule has 1 aromatic carbocycles. The highest BCUT2D eigenvalue weighted by atomic mass is 19.1. The average Bonchev–Trinajstić information content (AvgIpc) is 2.73. The predicted octanol–water partition coefficient (Wildman–Crippen LogP) is 4.38. The molecule has 4 N–H and O–H groups in total. The van der Waals surface area contributed by atoms with Crippen LogP contribution in [0.1, 0.15) is 25.8 Å². The molecule has 0 unspecified atom stereocenters. The molecule has 30 heavy (non-hydrogen) atoms. The molecule has 7 heteroatoms. The number of hydrogen-bond acceptors (Lipinski definition) is 5. The minimum absolute atomic E-state index is 0.0341. The highest BCUT2D eigenvalue weighted by Gasteiger charge is 2.10. The number of ether oxygens (including phenoxy) is 1. The number of hydrogen-bond donors (Lipinski definition) is 3. The van der Waals surface area contributed by atoms with Crippen molar-refractivity contribution in [1.82, 2.24) is 10.3 Å². The zero-order valence-corrected chi connectivity index (χ0v) is 17.2. The smallest absolute Gasteiger partial charge is 0.238 e. The number of benzene rings is 1. The number of nitrogens with zero attached hydrogens (tertiary/aromatic N) is 1. The van der Waals surface area contributed by atoms with Gasteiger partial charge in [-0.05, 0) is 57.3 Å². The summed E-state index contributed by atoms with van der Waals surface area (Å²) in [7, 11) is 0. The number of halogens is 1.